The van der Waals surface area contributed by atoms with Gasteiger partial charge in [-0.25, -0.2) is 9.97 Å². The summed E-state index contributed by atoms with van der Waals surface area (Å²) in [4.78, 5) is 40.2. The first kappa shape index (κ1) is 19.3. The Labute approximate surface area is 172 Å². The zero-order valence-corrected chi connectivity index (χ0v) is 16.8. The van der Waals surface area contributed by atoms with Gasteiger partial charge >= 0.3 is 0 Å². The van der Waals surface area contributed by atoms with Crippen molar-refractivity contribution in [3.63, 3.8) is 0 Å². The molecule has 0 bridgehead atoms. The number of fused-ring (bicyclic) bond motifs is 1. The van der Waals surface area contributed by atoms with Crippen molar-refractivity contribution in [1.82, 2.24) is 19.5 Å². The van der Waals surface area contributed by atoms with Gasteiger partial charge in [0.25, 0.3) is 5.56 Å². The first-order chi connectivity index (χ1) is 14.0. The number of halogens is 1. The van der Waals surface area contributed by atoms with Gasteiger partial charge in [0.15, 0.2) is 5.65 Å². The van der Waals surface area contributed by atoms with Gasteiger partial charge in [-0.3, -0.25) is 14.2 Å². The van der Waals surface area contributed by atoms with Crippen LogP contribution in [0.15, 0.2) is 41.6 Å². The highest BCUT2D eigenvalue weighted by atomic mass is 35.5. The predicted molar refractivity (Wildman–Crippen MR) is 112 cm³/mol. The van der Waals surface area contributed by atoms with Crippen molar-refractivity contribution in [2.45, 2.75) is 26.3 Å². The molecule has 9 heteroatoms. The summed E-state index contributed by atoms with van der Waals surface area (Å²) in [6, 6.07) is 6.81. The molecule has 1 aliphatic heterocycles. The van der Waals surface area contributed by atoms with E-state index in [1.54, 1.807) is 24.3 Å². The molecule has 0 spiro atoms. The Balaban J connectivity index is 1.52. The van der Waals surface area contributed by atoms with Gasteiger partial charge in [-0.15, -0.1) is 0 Å². The van der Waals surface area contributed by atoms with Crippen molar-refractivity contribution >= 4 is 40.2 Å². The molecule has 150 valence electrons. The number of amides is 1. The fraction of sp³-hybridized carbons (Fsp3) is 0.350. The quantitative estimate of drug-likeness (QED) is 0.708. The molecule has 8 nitrogen and oxygen atoms in total. The van der Waals surface area contributed by atoms with Crippen LogP contribution in [0.2, 0.25) is 5.02 Å². The van der Waals surface area contributed by atoms with Crippen LogP contribution in [0.1, 0.15) is 19.8 Å². The summed E-state index contributed by atoms with van der Waals surface area (Å²) in [6.07, 6.45) is 5.03. The van der Waals surface area contributed by atoms with Crippen molar-refractivity contribution in [2.24, 2.45) is 5.92 Å². The molecule has 29 heavy (non-hydrogen) atoms. The molecule has 1 saturated heterocycles. The zero-order chi connectivity index (χ0) is 20.4. The van der Waals surface area contributed by atoms with E-state index in [1.807, 2.05) is 0 Å². The number of nitrogens with one attached hydrogen (secondary N) is 1. The van der Waals surface area contributed by atoms with Gasteiger partial charge in [0.2, 0.25) is 11.9 Å². The number of hydrogen-bond donors (Lipinski definition) is 1. The molecule has 1 amide bonds. The highest BCUT2D eigenvalue weighted by molar-refractivity contribution is 6.30. The number of carbonyl (C=O) groups excluding carboxylic acids is 1. The molecule has 1 N–H and O–H groups in total. The second-order valence-electron chi connectivity index (χ2n) is 7.31. The van der Waals surface area contributed by atoms with Crippen molar-refractivity contribution in [2.75, 3.05) is 23.3 Å². The number of hydrogen-bond acceptors (Lipinski definition) is 6. The molecule has 1 aliphatic rings. The average Bonchev–Trinajstić information content (AvgIpc) is 2.70. The van der Waals surface area contributed by atoms with E-state index < -0.39 is 0 Å². The molecule has 0 radical (unpaired) electrons. The Kier molecular flexibility index (Phi) is 5.44. The highest BCUT2D eigenvalue weighted by Gasteiger charge is 2.19. The molecule has 0 unspecified atom stereocenters. The van der Waals surface area contributed by atoms with Gasteiger partial charge in [-0.2, -0.15) is 4.98 Å². The summed E-state index contributed by atoms with van der Waals surface area (Å²) in [5.74, 6) is 0.943. The first-order valence-corrected chi connectivity index (χ1v) is 9.90. The monoisotopic (exact) mass is 412 g/mol. The van der Waals surface area contributed by atoms with E-state index in [2.05, 4.69) is 32.1 Å². The predicted octanol–water partition coefficient (Wildman–Crippen LogP) is 2.71. The van der Waals surface area contributed by atoms with Gasteiger partial charge < -0.3 is 10.2 Å². The Hall–Kier alpha value is -3.00. The van der Waals surface area contributed by atoms with E-state index in [4.69, 9.17) is 11.6 Å². The van der Waals surface area contributed by atoms with Crippen LogP contribution in [0.3, 0.4) is 0 Å². The molecule has 4 rings (SSSR count). The number of carbonyl (C=O) groups is 1. The van der Waals surface area contributed by atoms with E-state index in [1.165, 1.54) is 17.1 Å². The molecule has 0 saturated carbocycles. The number of aromatic nitrogens is 4. The SMILES string of the molecule is CC1CCN(c2ncc3c(=O)n(CC(=O)Nc4cccc(Cl)c4)cnc3n2)CC1. The summed E-state index contributed by atoms with van der Waals surface area (Å²) in [5.41, 5.74) is 0.549. The molecule has 3 aromatic rings. The van der Waals surface area contributed by atoms with Gasteiger partial charge in [0.05, 0.1) is 0 Å². The number of rotatable bonds is 4. The van der Waals surface area contributed by atoms with Crippen LogP contribution in [-0.2, 0) is 11.3 Å². The normalized spacial score (nSPS) is 14.9. The van der Waals surface area contributed by atoms with Crippen molar-refractivity contribution in [3.8, 4) is 0 Å². The summed E-state index contributed by atoms with van der Waals surface area (Å²) in [5, 5.41) is 3.52. The smallest absolute Gasteiger partial charge is 0.264 e. The molecule has 1 fully saturated rings. The van der Waals surface area contributed by atoms with Crippen LogP contribution in [0.4, 0.5) is 11.6 Å². The lowest BCUT2D eigenvalue weighted by Gasteiger charge is -2.30. The van der Waals surface area contributed by atoms with E-state index in [9.17, 15) is 9.59 Å². The first-order valence-electron chi connectivity index (χ1n) is 9.52. The van der Waals surface area contributed by atoms with E-state index >= 15 is 0 Å². The molecular formula is C20H21ClN6O2. The molecule has 3 heterocycles. The third-order valence-corrected chi connectivity index (χ3v) is 5.29. The fourth-order valence-electron chi connectivity index (χ4n) is 3.34. The van der Waals surface area contributed by atoms with E-state index in [0.717, 1.165) is 25.9 Å². The van der Waals surface area contributed by atoms with Crippen LogP contribution in [0, 0.1) is 5.92 Å². The van der Waals surface area contributed by atoms with E-state index in [0.29, 0.717) is 28.2 Å². The molecule has 0 aliphatic carbocycles. The minimum atomic E-state index is -0.352. The van der Waals surface area contributed by atoms with Crippen LogP contribution in [-0.4, -0.2) is 38.5 Å². The van der Waals surface area contributed by atoms with Gasteiger partial charge in [-0.05, 0) is 37.0 Å². The zero-order valence-electron chi connectivity index (χ0n) is 16.0. The summed E-state index contributed by atoms with van der Waals surface area (Å²) in [6.45, 7) is 3.87. The van der Waals surface area contributed by atoms with Crippen molar-refractivity contribution < 1.29 is 4.79 Å². The Morgan fingerprint density at radius 3 is 2.83 bits per heavy atom. The number of nitrogens with zero attached hydrogens (tertiary/aromatic N) is 5. The van der Waals surface area contributed by atoms with Gasteiger partial charge in [0, 0.05) is 30.0 Å². The Bertz CT molecular complexity index is 1110. The van der Waals surface area contributed by atoms with Crippen molar-refractivity contribution in [1.29, 1.82) is 0 Å². The van der Waals surface area contributed by atoms with Crippen LogP contribution < -0.4 is 15.8 Å². The third-order valence-electron chi connectivity index (χ3n) is 5.06. The van der Waals surface area contributed by atoms with Gasteiger partial charge in [0.1, 0.15) is 18.3 Å². The Morgan fingerprint density at radius 1 is 1.28 bits per heavy atom. The summed E-state index contributed by atoms with van der Waals surface area (Å²) < 4.78 is 1.24. The molecular weight excluding hydrogens is 392 g/mol. The maximum Gasteiger partial charge on any atom is 0.264 e. The maximum atomic E-state index is 12.7. The molecule has 1 aromatic carbocycles. The lowest BCUT2D eigenvalue weighted by molar-refractivity contribution is -0.116. The molecule has 2 aromatic heterocycles. The van der Waals surface area contributed by atoms with Crippen molar-refractivity contribution in [3.05, 3.63) is 52.2 Å². The second-order valence-corrected chi connectivity index (χ2v) is 7.75. The molecule has 0 atom stereocenters. The minimum absolute atomic E-state index is 0.167. The lowest BCUT2D eigenvalue weighted by atomic mass is 10.00. The Morgan fingerprint density at radius 2 is 2.07 bits per heavy atom. The third kappa shape index (κ3) is 4.37. The average molecular weight is 413 g/mol. The van der Waals surface area contributed by atoms with Crippen LogP contribution in [0.25, 0.3) is 11.0 Å². The standard InChI is InChI=1S/C20H21ClN6O2/c1-13-5-7-26(8-6-13)20-22-10-16-18(25-20)23-12-27(19(16)29)11-17(28)24-15-4-2-3-14(21)9-15/h2-4,9-10,12-13H,5-8,11H2,1H3,(H,24,28). The number of piperidine rings is 1. The van der Waals surface area contributed by atoms with Gasteiger partial charge in [-0.1, -0.05) is 24.6 Å². The second kappa shape index (κ2) is 8.16. The number of anilines is 2. The highest BCUT2D eigenvalue weighted by Crippen LogP contribution is 2.20. The van der Waals surface area contributed by atoms with E-state index in [-0.39, 0.29) is 23.4 Å². The minimum Gasteiger partial charge on any atom is -0.341 e. The van der Waals surface area contributed by atoms with Crippen LogP contribution in [0.5, 0.6) is 0 Å². The maximum absolute atomic E-state index is 12.7. The largest absolute Gasteiger partial charge is 0.341 e. The fourth-order valence-corrected chi connectivity index (χ4v) is 3.53. The number of benzene rings is 1. The summed E-state index contributed by atoms with van der Waals surface area (Å²) >= 11 is 5.92. The van der Waals surface area contributed by atoms with Crippen LogP contribution >= 0.6 is 11.6 Å². The summed E-state index contributed by atoms with van der Waals surface area (Å²) in [7, 11) is 0. The lowest BCUT2D eigenvalue weighted by Crippen LogP contribution is -2.34. The topological polar surface area (TPSA) is 93.0 Å².